The van der Waals surface area contributed by atoms with Crippen molar-refractivity contribution in [2.75, 3.05) is 0 Å². The quantitative estimate of drug-likeness (QED) is 0.223. The predicted molar refractivity (Wildman–Crippen MR) is 141 cm³/mol. The molecule has 4 aromatic rings. The normalized spacial score (nSPS) is 12.0. The van der Waals surface area contributed by atoms with E-state index in [4.69, 9.17) is 0 Å². The van der Waals surface area contributed by atoms with E-state index in [1.54, 1.807) is 11.1 Å². The minimum Gasteiger partial charge on any atom is -0.165 e. The summed E-state index contributed by atoms with van der Waals surface area (Å²) in [6.45, 7) is 11.1. The molecule has 3 heteroatoms. The van der Waals surface area contributed by atoms with Gasteiger partial charge in [-0.1, -0.05) is 93.4 Å². The Kier molecular flexibility index (Phi) is 8.72. The molecule has 0 nitrogen and oxygen atoms in total. The van der Waals surface area contributed by atoms with Crippen LogP contribution in [-0.4, -0.2) is 0 Å². The van der Waals surface area contributed by atoms with Crippen LogP contribution in [0.5, 0.6) is 0 Å². The third kappa shape index (κ3) is 4.68. The van der Waals surface area contributed by atoms with Gasteiger partial charge in [0.25, 0.3) is 0 Å². The van der Waals surface area contributed by atoms with Crippen molar-refractivity contribution in [2.45, 2.75) is 53.9 Å². The van der Waals surface area contributed by atoms with Gasteiger partial charge >= 0.3 is 0 Å². The van der Waals surface area contributed by atoms with Crippen molar-refractivity contribution in [1.29, 1.82) is 0 Å². The van der Waals surface area contributed by atoms with Gasteiger partial charge in [-0.05, 0) is 52.5 Å². The molecule has 32 heavy (non-hydrogen) atoms. The molecule has 0 aromatic heterocycles. The minimum atomic E-state index is 0. The number of benzene rings is 3. The summed E-state index contributed by atoms with van der Waals surface area (Å²) in [5.41, 5.74) is 15.7. The van der Waals surface area contributed by atoms with Crippen LogP contribution in [0.4, 0.5) is 0 Å². The van der Waals surface area contributed by atoms with Gasteiger partial charge in [-0.2, -0.15) is 6.07 Å². The Bertz CT molecular complexity index is 1140. The van der Waals surface area contributed by atoms with E-state index in [0.29, 0.717) is 0 Å². The topological polar surface area (TPSA) is 0 Å². The molecule has 0 unspecified atom stereocenters. The van der Waals surface area contributed by atoms with E-state index in [9.17, 15) is 0 Å². The Morgan fingerprint density at radius 1 is 0.594 bits per heavy atom. The molecule has 1 aliphatic rings. The Morgan fingerprint density at radius 2 is 1.03 bits per heavy atom. The van der Waals surface area contributed by atoms with Crippen LogP contribution in [0, 0.1) is 34.6 Å². The number of fused-ring (bicyclic) bond motifs is 2. The second kappa shape index (κ2) is 10.3. The predicted octanol–water partition coefficient (Wildman–Crippen LogP) is 8.76. The Labute approximate surface area is 224 Å². The van der Waals surface area contributed by atoms with Crippen molar-refractivity contribution < 1.29 is 26.2 Å². The van der Waals surface area contributed by atoms with E-state index in [1.807, 2.05) is 0 Å². The number of hydrogen-bond acceptors (Lipinski definition) is 0. The average Bonchev–Trinajstić information content (AvgIpc) is 3.23. The summed E-state index contributed by atoms with van der Waals surface area (Å²) < 4.78 is 0. The summed E-state index contributed by atoms with van der Waals surface area (Å²) in [6.07, 6.45) is 3.64. The molecule has 0 bridgehead atoms. The molecule has 0 aliphatic heterocycles. The molecule has 0 atom stereocenters. The van der Waals surface area contributed by atoms with E-state index in [0.717, 1.165) is 0 Å². The molecular weight excluding hydrogens is 510 g/mol. The number of rotatable bonds is 2. The Hall–Kier alpha value is -1.27. The van der Waals surface area contributed by atoms with Gasteiger partial charge in [0.05, 0.1) is 0 Å². The van der Waals surface area contributed by atoms with Crippen molar-refractivity contribution in [2.24, 2.45) is 0 Å². The van der Waals surface area contributed by atoms with Gasteiger partial charge in [0.15, 0.2) is 0 Å². The summed E-state index contributed by atoms with van der Waals surface area (Å²) in [5, 5.41) is 2.87. The Balaban J connectivity index is 0.00000121. The van der Waals surface area contributed by atoms with E-state index < -0.39 is 0 Å². The maximum atomic E-state index is 2.41. The summed E-state index contributed by atoms with van der Waals surface area (Å²) in [7, 11) is 0. The van der Waals surface area contributed by atoms with E-state index in [1.165, 1.54) is 80.1 Å². The van der Waals surface area contributed by atoms with Gasteiger partial charge in [-0.3, -0.25) is 0 Å². The zero-order chi connectivity index (χ0) is 20.3. The fourth-order valence-corrected chi connectivity index (χ4v) is 5.58. The van der Waals surface area contributed by atoms with Crippen molar-refractivity contribution in [3.8, 4) is 22.3 Å². The van der Waals surface area contributed by atoms with Crippen LogP contribution in [0.1, 0.15) is 45.4 Å². The largest absolute Gasteiger partial charge is 0.165 e. The van der Waals surface area contributed by atoms with Gasteiger partial charge < -0.3 is 0 Å². The molecular formula is C29H31Cl2Zr-. The first-order valence-electron chi connectivity index (χ1n) is 10.8. The molecule has 0 N–H and O–H groups in total. The molecule has 0 spiro atoms. The smallest absolute Gasteiger partial charge is 0 e. The summed E-state index contributed by atoms with van der Waals surface area (Å²) in [6, 6.07) is 18.9. The molecule has 0 heterocycles. The number of aryl methyl sites for hydroxylation is 5. The van der Waals surface area contributed by atoms with Crippen LogP contribution in [0.3, 0.4) is 0 Å². The molecule has 0 saturated carbocycles. The average molecular weight is 542 g/mol. The maximum absolute atomic E-state index is 2.41. The molecule has 0 radical (unpaired) electrons. The molecule has 5 rings (SSSR count). The number of halogens is 2. The zero-order valence-corrected chi connectivity index (χ0v) is 23.6. The van der Waals surface area contributed by atoms with Crippen molar-refractivity contribution in [3.05, 3.63) is 87.5 Å². The first-order chi connectivity index (χ1) is 13.9. The van der Waals surface area contributed by atoms with Gasteiger partial charge in [-0.25, -0.2) is 0 Å². The second-order valence-electron chi connectivity index (χ2n) is 9.17. The fraction of sp³-hybridized carbons (Fsp3) is 0.276. The maximum Gasteiger partial charge on any atom is 0 e. The summed E-state index contributed by atoms with van der Waals surface area (Å²) in [4.78, 5) is 0. The standard InChI is InChI=1S/C29H29.2ClH.Zr/c1-17-9-18(2)12-22(11-17)28-24-7-6-8-25(24)29(27-16-21(5)15-26(27)28)23-13-19(3)10-20(4)14-23;;;/h9-16H,6-8H2,1-5H3;2*1H;/q-1;;;. The van der Waals surface area contributed by atoms with Gasteiger partial charge in [0, 0.05) is 26.2 Å². The van der Waals surface area contributed by atoms with Crippen LogP contribution in [-0.2, 0) is 39.0 Å². The minimum absolute atomic E-state index is 0. The Morgan fingerprint density at radius 3 is 1.53 bits per heavy atom. The first-order valence-corrected chi connectivity index (χ1v) is 10.8. The molecule has 0 fully saturated rings. The SMILES string of the molecule is Cc1cc(C)cc(-c2c3c(c(-c4cc(C)cc(C)c4)c4[cH-]c(C)cc24)CCC3)c1.Cl.Cl.[Zr]. The van der Waals surface area contributed by atoms with Crippen molar-refractivity contribution >= 4 is 35.6 Å². The monoisotopic (exact) mass is 539 g/mol. The van der Waals surface area contributed by atoms with Crippen molar-refractivity contribution in [1.82, 2.24) is 0 Å². The van der Waals surface area contributed by atoms with Crippen LogP contribution in [0.25, 0.3) is 33.0 Å². The molecule has 0 saturated heterocycles. The van der Waals surface area contributed by atoms with E-state index in [-0.39, 0.29) is 51.0 Å². The van der Waals surface area contributed by atoms with Crippen LogP contribution in [0.2, 0.25) is 0 Å². The number of hydrogen-bond donors (Lipinski definition) is 0. The van der Waals surface area contributed by atoms with Crippen LogP contribution >= 0.6 is 24.8 Å². The fourth-order valence-electron chi connectivity index (χ4n) is 5.58. The molecule has 166 valence electrons. The third-order valence-corrected chi connectivity index (χ3v) is 6.41. The second-order valence-corrected chi connectivity index (χ2v) is 9.17. The zero-order valence-electron chi connectivity index (χ0n) is 19.6. The third-order valence-electron chi connectivity index (χ3n) is 6.41. The molecule has 0 amide bonds. The van der Waals surface area contributed by atoms with Gasteiger partial charge in [0.2, 0.25) is 0 Å². The van der Waals surface area contributed by atoms with Crippen LogP contribution < -0.4 is 0 Å². The van der Waals surface area contributed by atoms with E-state index in [2.05, 4.69) is 83.1 Å². The van der Waals surface area contributed by atoms with Gasteiger partial charge in [-0.15, -0.1) is 47.2 Å². The summed E-state index contributed by atoms with van der Waals surface area (Å²) in [5.74, 6) is 0. The molecule has 4 aromatic carbocycles. The van der Waals surface area contributed by atoms with E-state index >= 15 is 0 Å². The van der Waals surface area contributed by atoms with Crippen molar-refractivity contribution in [3.63, 3.8) is 0 Å². The van der Waals surface area contributed by atoms with Crippen LogP contribution in [0.15, 0.2) is 48.5 Å². The summed E-state index contributed by atoms with van der Waals surface area (Å²) >= 11 is 0. The molecule has 1 aliphatic carbocycles. The van der Waals surface area contributed by atoms with Gasteiger partial charge in [0.1, 0.15) is 0 Å². The first kappa shape index (κ1) is 27.0.